The molecule has 0 unspecified atom stereocenters. The van der Waals surface area contributed by atoms with Gasteiger partial charge in [0.2, 0.25) is 0 Å². The van der Waals surface area contributed by atoms with Gasteiger partial charge in [0.15, 0.2) is 0 Å². The zero-order chi connectivity index (χ0) is 14.3. The number of imide groups is 1. The van der Waals surface area contributed by atoms with E-state index in [9.17, 15) is 22.8 Å². The largest absolute Gasteiger partial charge is 0.401 e. The van der Waals surface area contributed by atoms with Crippen LogP contribution in [0.3, 0.4) is 0 Å². The van der Waals surface area contributed by atoms with Gasteiger partial charge in [0.05, 0.1) is 6.54 Å². The van der Waals surface area contributed by atoms with Crippen LogP contribution in [0.1, 0.15) is 19.8 Å². The number of nitrogens with zero attached hydrogens (tertiary/aromatic N) is 1. The Balaban J connectivity index is 2.05. The maximum Gasteiger partial charge on any atom is 0.401 e. The summed E-state index contributed by atoms with van der Waals surface area (Å²) >= 11 is 0. The molecule has 2 heterocycles. The van der Waals surface area contributed by atoms with Crippen molar-refractivity contribution < 1.29 is 22.8 Å². The summed E-state index contributed by atoms with van der Waals surface area (Å²) in [6.07, 6.45) is -3.04. The van der Waals surface area contributed by atoms with E-state index < -0.39 is 30.2 Å². The SMILES string of the molecule is C[C@]1([C@@H]2CCCN(CC(F)(F)F)C2)NC(=O)NC1=O. The molecular formula is C11H16F3N3O2. The van der Waals surface area contributed by atoms with Crippen molar-refractivity contribution in [1.82, 2.24) is 15.5 Å². The van der Waals surface area contributed by atoms with Crippen LogP contribution in [-0.4, -0.2) is 48.2 Å². The van der Waals surface area contributed by atoms with Crippen LogP contribution in [-0.2, 0) is 4.79 Å². The number of piperidine rings is 1. The third-order valence-corrected chi connectivity index (χ3v) is 3.80. The second-order valence-electron chi connectivity index (χ2n) is 5.30. The maximum absolute atomic E-state index is 12.4. The molecule has 2 aliphatic rings. The molecule has 2 N–H and O–H groups in total. The molecule has 19 heavy (non-hydrogen) atoms. The molecule has 2 fully saturated rings. The highest BCUT2D eigenvalue weighted by atomic mass is 19.4. The number of carbonyl (C=O) groups is 2. The molecular weight excluding hydrogens is 263 g/mol. The molecule has 2 atom stereocenters. The van der Waals surface area contributed by atoms with Crippen LogP contribution in [0.2, 0.25) is 0 Å². The number of alkyl halides is 3. The minimum Gasteiger partial charge on any atom is -0.323 e. The lowest BCUT2D eigenvalue weighted by Gasteiger charge is -2.39. The van der Waals surface area contributed by atoms with E-state index in [0.717, 1.165) is 0 Å². The summed E-state index contributed by atoms with van der Waals surface area (Å²) < 4.78 is 37.2. The molecule has 0 aromatic rings. The molecule has 2 saturated heterocycles. The van der Waals surface area contributed by atoms with Crippen LogP contribution in [0.15, 0.2) is 0 Å². The van der Waals surface area contributed by atoms with Crippen LogP contribution in [0.4, 0.5) is 18.0 Å². The van der Waals surface area contributed by atoms with E-state index in [1.807, 2.05) is 0 Å². The van der Waals surface area contributed by atoms with Gasteiger partial charge < -0.3 is 5.32 Å². The van der Waals surface area contributed by atoms with Crippen molar-refractivity contribution in [3.05, 3.63) is 0 Å². The van der Waals surface area contributed by atoms with Crippen molar-refractivity contribution in [2.75, 3.05) is 19.6 Å². The van der Waals surface area contributed by atoms with Crippen LogP contribution in [0.5, 0.6) is 0 Å². The van der Waals surface area contributed by atoms with Crippen LogP contribution >= 0.6 is 0 Å². The molecule has 3 amide bonds. The van der Waals surface area contributed by atoms with Crippen molar-refractivity contribution in [2.24, 2.45) is 5.92 Å². The third-order valence-electron chi connectivity index (χ3n) is 3.80. The fraction of sp³-hybridized carbons (Fsp3) is 0.818. The number of carbonyl (C=O) groups excluding carboxylic acids is 2. The average Bonchev–Trinajstić information content (AvgIpc) is 2.51. The lowest BCUT2D eigenvalue weighted by atomic mass is 9.80. The van der Waals surface area contributed by atoms with E-state index in [4.69, 9.17) is 0 Å². The Morgan fingerprint density at radius 3 is 2.63 bits per heavy atom. The molecule has 5 nitrogen and oxygen atoms in total. The highest BCUT2D eigenvalue weighted by Crippen LogP contribution is 2.31. The summed E-state index contributed by atoms with van der Waals surface area (Å²) in [7, 11) is 0. The predicted molar refractivity (Wildman–Crippen MR) is 60.3 cm³/mol. The lowest BCUT2D eigenvalue weighted by Crippen LogP contribution is -2.56. The summed E-state index contributed by atoms with van der Waals surface area (Å²) in [5, 5.41) is 4.66. The fourth-order valence-corrected chi connectivity index (χ4v) is 2.77. The van der Waals surface area contributed by atoms with E-state index in [-0.39, 0.29) is 12.5 Å². The van der Waals surface area contributed by atoms with Gasteiger partial charge in [-0.15, -0.1) is 0 Å². The molecule has 0 aromatic carbocycles. The molecule has 0 saturated carbocycles. The minimum atomic E-state index is -4.25. The molecule has 0 aliphatic carbocycles. The van der Waals surface area contributed by atoms with Gasteiger partial charge in [-0.25, -0.2) is 4.79 Å². The molecule has 108 valence electrons. The first-order chi connectivity index (χ1) is 8.71. The van der Waals surface area contributed by atoms with Gasteiger partial charge in [-0.2, -0.15) is 13.2 Å². The van der Waals surface area contributed by atoms with Gasteiger partial charge in [-0.3, -0.25) is 15.0 Å². The summed E-state index contributed by atoms with van der Waals surface area (Å²) in [4.78, 5) is 24.2. The van der Waals surface area contributed by atoms with Gasteiger partial charge in [0.25, 0.3) is 5.91 Å². The Hall–Kier alpha value is -1.31. The van der Waals surface area contributed by atoms with E-state index in [1.165, 1.54) is 4.90 Å². The number of rotatable bonds is 2. The first kappa shape index (κ1) is 14.1. The summed E-state index contributed by atoms with van der Waals surface area (Å²) in [5.74, 6) is -0.772. The Morgan fingerprint density at radius 1 is 1.42 bits per heavy atom. The Labute approximate surface area is 108 Å². The van der Waals surface area contributed by atoms with Crippen LogP contribution in [0, 0.1) is 5.92 Å². The number of halogens is 3. The number of hydrogen-bond donors (Lipinski definition) is 2. The molecule has 0 spiro atoms. The van der Waals surface area contributed by atoms with Gasteiger partial charge in [-0.05, 0) is 26.3 Å². The van der Waals surface area contributed by atoms with Gasteiger partial charge >= 0.3 is 12.2 Å². The first-order valence-corrected chi connectivity index (χ1v) is 6.13. The summed E-state index contributed by atoms with van der Waals surface area (Å²) in [6.45, 7) is 1.11. The highest BCUT2D eigenvalue weighted by Gasteiger charge is 2.49. The van der Waals surface area contributed by atoms with Crippen molar-refractivity contribution in [3.8, 4) is 0 Å². The number of amides is 3. The fourth-order valence-electron chi connectivity index (χ4n) is 2.77. The standard InChI is InChI=1S/C11H16F3N3O2/c1-10(8(18)15-9(19)16-10)7-3-2-4-17(5-7)6-11(12,13)14/h7H,2-6H2,1H3,(H2,15,16,18,19)/t7-,10-/m1/s1. The number of urea groups is 1. The minimum absolute atomic E-state index is 0.156. The van der Waals surface area contributed by atoms with E-state index in [1.54, 1.807) is 6.92 Å². The highest BCUT2D eigenvalue weighted by molar-refractivity contribution is 6.06. The monoisotopic (exact) mass is 279 g/mol. The second kappa shape index (κ2) is 4.66. The van der Waals surface area contributed by atoms with Crippen LogP contribution in [0.25, 0.3) is 0 Å². The zero-order valence-corrected chi connectivity index (χ0v) is 10.5. The second-order valence-corrected chi connectivity index (χ2v) is 5.30. The number of likely N-dealkylation sites (tertiary alicyclic amines) is 1. The van der Waals surface area contributed by atoms with E-state index >= 15 is 0 Å². The molecule has 2 rings (SSSR count). The average molecular weight is 279 g/mol. The molecule has 0 radical (unpaired) electrons. The topological polar surface area (TPSA) is 61.4 Å². The normalized spacial score (nSPS) is 33.2. The smallest absolute Gasteiger partial charge is 0.323 e. The number of hydrogen-bond acceptors (Lipinski definition) is 3. The molecule has 0 aromatic heterocycles. The Bertz CT molecular complexity index is 399. The van der Waals surface area contributed by atoms with Crippen LogP contribution < -0.4 is 10.6 Å². The van der Waals surface area contributed by atoms with Crippen molar-refractivity contribution in [3.63, 3.8) is 0 Å². The van der Waals surface area contributed by atoms with E-state index in [2.05, 4.69) is 10.6 Å². The lowest BCUT2D eigenvalue weighted by molar-refractivity contribution is -0.151. The molecule has 8 heteroatoms. The maximum atomic E-state index is 12.4. The summed E-state index contributed by atoms with van der Waals surface area (Å²) in [6, 6.07) is -0.583. The van der Waals surface area contributed by atoms with Gasteiger partial charge in [0.1, 0.15) is 5.54 Å². The van der Waals surface area contributed by atoms with Crippen molar-refractivity contribution >= 4 is 11.9 Å². The Morgan fingerprint density at radius 2 is 2.11 bits per heavy atom. The quantitative estimate of drug-likeness (QED) is 0.737. The predicted octanol–water partition coefficient (Wildman–Crippen LogP) is 0.859. The third kappa shape index (κ3) is 2.99. The first-order valence-electron chi connectivity index (χ1n) is 6.13. The van der Waals surface area contributed by atoms with Crippen molar-refractivity contribution in [1.29, 1.82) is 0 Å². The van der Waals surface area contributed by atoms with Gasteiger partial charge in [0, 0.05) is 12.5 Å². The van der Waals surface area contributed by atoms with Crippen molar-refractivity contribution in [2.45, 2.75) is 31.5 Å². The molecule has 2 aliphatic heterocycles. The Kier molecular flexibility index (Phi) is 3.46. The summed E-state index contributed by atoms with van der Waals surface area (Å²) in [5.41, 5.74) is -1.11. The molecule has 0 bridgehead atoms. The number of nitrogens with one attached hydrogen (secondary N) is 2. The zero-order valence-electron chi connectivity index (χ0n) is 10.5. The van der Waals surface area contributed by atoms with E-state index in [0.29, 0.717) is 19.4 Å². The van der Waals surface area contributed by atoms with Gasteiger partial charge in [-0.1, -0.05) is 0 Å².